The zero-order valence-corrected chi connectivity index (χ0v) is 9.46. The van der Waals surface area contributed by atoms with Gasteiger partial charge in [0.05, 0.1) is 6.10 Å². The van der Waals surface area contributed by atoms with Crippen LogP contribution in [0.25, 0.3) is 0 Å². The maximum absolute atomic E-state index is 5.95. The summed E-state index contributed by atoms with van der Waals surface area (Å²) >= 11 is 0. The molecule has 0 spiro atoms. The molecule has 0 amide bonds. The van der Waals surface area contributed by atoms with Crippen LogP contribution in [0.1, 0.15) is 39.5 Å². The molecule has 0 aromatic rings. The highest BCUT2D eigenvalue weighted by Gasteiger charge is 2.22. The molecule has 0 heterocycles. The molecule has 0 saturated heterocycles. The second kappa shape index (κ2) is 6.38. The third kappa shape index (κ3) is 4.40. The van der Waals surface area contributed by atoms with Crippen molar-refractivity contribution in [3.63, 3.8) is 0 Å². The largest absolute Gasteiger partial charge is 0.379 e. The molecular formula is C11H24N2O. The van der Waals surface area contributed by atoms with E-state index >= 15 is 0 Å². The van der Waals surface area contributed by atoms with Crippen molar-refractivity contribution in [2.24, 2.45) is 5.73 Å². The van der Waals surface area contributed by atoms with Gasteiger partial charge in [0.15, 0.2) is 0 Å². The van der Waals surface area contributed by atoms with Crippen molar-refractivity contribution < 1.29 is 4.74 Å². The third-order valence-corrected chi connectivity index (χ3v) is 2.75. The molecule has 0 bridgehead atoms. The van der Waals surface area contributed by atoms with Gasteiger partial charge in [-0.25, -0.2) is 0 Å². The summed E-state index contributed by atoms with van der Waals surface area (Å²) in [7, 11) is 0. The summed E-state index contributed by atoms with van der Waals surface area (Å²) < 4.78 is 5.46. The molecule has 1 aliphatic rings. The van der Waals surface area contributed by atoms with E-state index in [2.05, 4.69) is 19.2 Å². The van der Waals surface area contributed by atoms with Crippen LogP contribution in [0, 0.1) is 0 Å². The maximum atomic E-state index is 5.95. The molecule has 3 N–H and O–H groups in total. The fourth-order valence-electron chi connectivity index (χ4n) is 1.92. The highest BCUT2D eigenvalue weighted by molar-refractivity contribution is 4.85. The van der Waals surface area contributed by atoms with Gasteiger partial charge < -0.3 is 15.8 Å². The summed E-state index contributed by atoms with van der Waals surface area (Å²) in [5.41, 5.74) is 5.95. The predicted molar refractivity (Wildman–Crippen MR) is 59.3 cm³/mol. The van der Waals surface area contributed by atoms with Crippen LogP contribution in [0.2, 0.25) is 0 Å². The van der Waals surface area contributed by atoms with Gasteiger partial charge in [-0.1, -0.05) is 6.42 Å². The van der Waals surface area contributed by atoms with E-state index in [-0.39, 0.29) is 0 Å². The van der Waals surface area contributed by atoms with Crippen molar-refractivity contribution >= 4 is 0 Å². The molecule has 0 aromatic heterocycles. The molecule has 1 fully saturated rings. The van der Waals surface area contributed by atoms with Gasteiger partial charge in [-0.15, -0.1) is 0 Å². The number of rotatable bonds is 6. The van der Waals surface area contributed by atoms with Crippen molar-refractivity contribution in [1.82, 2.24) is 5.32 Å². The first kappa shape index (κ1) is 12.0. The van der Waals surface area contributed by atoms with Gasteiger partial charge in [0, 0.05) is 18.7 Å². The molecule has 3 nitrogen and oxygen atoms in total. The molecule has 3 heteroatoms. The van der Waals surface area contributed by atoms with Gasteiger partial charge in [-0.3, -0.25) is 0 Å². The Balaban J connectivity index is 1.93. The first-order valence-corrected chi connectivity index (χ1v) is 5.80. The molecule has 0 unspecified atom stereocenters. The smallest absolute Gasteiger partial charge is 0.0518 e. The summed E-state index contributed by atoms with van der Waals surface area (Å²) in [5, 5.41) is 3.50. The summed E-state index contributed by atoms with van der Waals surface area (Å²) in [4.78, 5) is 0. The quantitative estimate of drug-likeness (QED) is 0.635. The molecule has 1 rings (SSSR count). The average Bonchev–Trinajstić information content (AvgIpc) is 2.51. The van der Waals surface area contributed by atoms with E-state index in [1.54, 1.807) is 0 Å². The predicted octanol–water partition coefficient (Wildman–Crippen LogP) is 1.27. The van der Waals surface area contributed by atoms with Crippen LogP contribution in [0.5, 0.6) is 0 Å². The zero-order chi connectivity index (χ0) is 10.4. The van der Waals surface area contributed by atoms with E-state index in [0.29, 0.717) is 18.2 Å². The number of nitrogens with two attached hydrogens (primary N) is 1. The van der Waals surface area contributed by atoms with Gasteiger partial charge in [0.1, 0.15) is 0 Å². The first-order chi connectivity index (χ1) is 6.70. The fraction of sp³-hybridized carbons (Fsp3) is 1.00. The molecule has 1 aliphatic carbocycles. The minimum Gasteiger partial charge on any atom is -0.379 e. The van der Waals surface area contributed by atoms with Gasteiger partial charge in [0.2, 0.25) is 0 Å². The molecule has 1 saturated carbocycles. The Bertz CT molecular complexity index is 150. The van der Waals surface area contributed by atoms with E-state index < -0.39 is 0 Å². The van der Waals surface area contributed by atoms with Gasteiger partial charge in [-0.05, 0) is 39.7 Å². The van der Waals surface area contributed by atoms with Crippen molar-refractivity contribution in [3.05, 3.63) is 0 Å². The second-order valence-corrected chi connectivity index (χ2v) is 4.43. The first-order valence-electron chi connectivity index (χ1n) is 5.80. The van der Waals surface area contributed by atoms with Crippen LogP contribution in [0.15, 0.2) is 0 Å². The lowest BCUT2D eigenvalue weighted by molar-refractivity contribution is 0.0766. The van der Waals surface area contributed by atoms with Crippen LogP contribution in [0.4, 0.5) is 0 Å². The zero-order valence-electron chi connectivity index (χ0n) is 9.46. The number of nitrogens with one attached hydrogen (secondary N) is 1. The molecule has 0 aliphatic heterocycles. The SMILES string of the molecule is CC(C)OCCCN[C@H]1CCC[C@H]1N. The van der Waals surface area contributed by atoms with E-state index in [9.17, 15) is 0 Å². The Labute approximate surface area is 87.4 Å². The van der Waals surface area contributed by atoms with Gasteiger partial charge in [0.25, 0.3) is 0 Å². The summed E-state index contributed by atoms with van der Waals surface area (Å²) in [6.07, 6.45) is 5.14. The fourth-order valence-corrected chi connectivity index (χ4v) is 1.92. The lowest BCUT2D eigenvalue weighted by atomic mass is 10.2. The normalized spacial score (nSPS) is 27.4. The van der Waals surface area contributed by atoms with E-state index in [4.69, 9.17) is 10.5 Å². The van der Waals surface area contributed by atoms with Crippen molar-refractivity contribution in [2.75, 3.05) is 13.2 Å². The molecule has 2 atom stereocenters. The Morgan fingerprint density at radius 3 is 2.79 bits per heavy atom. The molecule has 0 radical (unpaired) electrons. The highest BCUT2D eigenvalue weighted by atomic mass is 16.5. The standard InChI is InChI=1S/C11H24N2O/c1-9(2)14-8-4-7-13-11-6-3-5-10(11)12/h9-11,13H,3-8,12H2,1-2H3/t10-,11+/m1/s1. The minimum atomic E-state index is 0.351. The highest BCUT2D eigenvalue weighted by Crippen LogP contribution is 2.16. The molecular weight excluding hydrogens is 176 g/mol. The van der Waals surface area contributed by atoms with Crippen molar-refractivity contribution in [1.29, 1.82) is 0 Å². The number of hydrogen-bond donors (Lipinski definition) is 2. The van der Waals surface area contributed by atoms with Crippen LogP contribution in [0.3, 0.4) is 0 Å². The Morgan fingerprint density at radius 1 is 1.43 bits per heavy atom. The van der Waals surface area contributed by atoms with Crippen LogP contribution in [-0.4, -0.2) is 31.3 Å². The lowest BCUT2D eigenvalue weighted by Gasteiger charge is -2.17. The Hall–Kier alpha value is -0.120. The van der Waals surface area contributed by atoms with Crippen LogP contribution in [-0.2, 0) is 4.74 Å². The topological polar surface area (TPSA) is 47.3 Å². The summed E-state index contributed by atoms with van der Waals surface area (Å²) in [5.74, 6) is 0. The Kier molecular flexibility index (Phi) is 5.45. The van der Waals surface area contributed by atoms with Gasteiger partial charge >= 0.3 is 0 Å². The molecule has 84 valence electrons. The second-order valence-electron chi connectivity index (χ2n) is 4.43. The number of hydrogen-bond acceptors (Lipinski definition) is 3. The van der Waals surface area contributed by atoms with Crippen LogP contribution >= 0.6 is 0 Å². The van der Waals surface area contributed by atoms with E-state index in [1.807, 2.05) is 0 Å². The van der Waals surface area contributed by atoms with E-state index in [0.717, 1.165) is 19.6 Å². The summed E-state index contributed by atoms with van der Waals surface area (Å²) in [6, 6.07) is 0.926. The minimum absolute atomic E-state index is 0.351. The van der Waals surface area contributed by atoms with Crippen molar-refractivity contribution in [3.8, 4) is 0 Å². The lowest BCUT2D eigenvalue weighted by Crippen LogP contribution is -2.41. The molecule has 0 aromatic carbocycles. The molecule has 14 heavy (non-hydrogen) atoms. The third-order valence-electron chi connectivity index (χ3n) is 2.75. The monoisotopic (exact) mass is 200 g/mol. The van der Waals surface area contributed by atoms with Crippen molar-refractivity contribution in [2.45, 2.75) is 57.7 Å². The Morgan fingerprint density at radius 2 is 2.21 bits per heavy atom. The van der Waals surface area contributed by atoms with E-state index in [1.165, 1.54) is 19.3 Å². The van der Waals surface area contributed by atoms with Gasteiger partial charge in [-0.2, -0.15) is 0 Å². The summed E-state index contributed by atoms with van der Waals surface area (Å²) in [6.45, 7) is 6.03. The maximum Gasteiger partial charge on any atom is 0.0518 e. The average molecular weight is 200 g/mol. The van der Waals surface area contributed by atoms with Crippen LogP contribution < -0.4 is 11.1 Å². The number of ether oxygens (including phenoxy) is 1.